The van der Waals surface area contributed by atoms with Crippen molar-refractivity contribution in [3.63, 3.8) is 0 Å². The normalized spacial score (nSPS) is 15.8. The van der Waals surface area contributed by atoms with E-state index >= 15 is 0 Å². The Labute approximate surface area is 163 Å². The number of halogens is 1. The molecule has 148 valence electrons. The lowest BCUT2D eigenvalue weighted by Gasteiger charge is -2.35. The van der Waals surface area contributed by atoms with Gasteiger partial charge in [0, 0.05) is 37.7 Å². The molecule has 0 aliphatic carbocycles. The maximum Gasteiger partial charge on any atom is 0.305 e. The van der Waals surface area contributed by atoms with Crippen LogP contribution in [0.5, 0.6) is 0 Å². The lowest BCUT2D eigenvalue weighted by Crippen LogP contribution is -2.45. The van der Waals surface area contributed by atoms with Gasteiger partial charge >= 0.3 is 5.97 Å². The van der Waals surface area contributed by atoms with E-state index in [2.05, 4.69) is 5.32 Å². The number of hydrogen-bond donors (Lipinski definition) is 2. The van der Waals surface area contributed by atoms with Crippen LogP contribution in [0.15, 0.2) is 24.3 Å². The van der Waals surface area contributed by atoms with Crippen LogP contribution in [0.4, 0.5) is 0 Å². The first-order chi connectivity index (χ1) is 12.9. The molecule has 1 aromatic rings. The number of hydrogen-bond acceptors (Lipinski definition) is 4. The van der Waals surface area contributed by atoms with Gasteiger partial charge in [0.15, 0.2) is 0 Å². The Morgan fingerprint density at radius 3 is 2.44 bits per heavy atom. The molecule has 1 saturated heterocycles. The molecular weight excluding hydrogens is 372 g/mol. The van der Waals surface area contributed by atoms with E-state index in [0.29, 0.717) is 31.1 Å². The Bertz CT molecular complexity index is 659. The first kappa shape index (κ1) is 21.2. The summed E-state index contributed by atoms with van der Waals surface area (Å²) in [5, 5.41) is 12.4. The second-order valence-corrected chi connectivity index (χ2v) is 7.02. The molecule has 1 heterocycles. The quantitative estimate of drug-likeness (QED) is 0.703. The summed E-state index contributed by atoms with van der Waals surface area (Å²) in [6.07, 6.45) is 1.29. The lowest BCUT2D eigenvalue weighted by molar-refractivity contribution is -0.140. The van der Waals surface area contributed by atoms with Gasteiger partial charge in [0.2, 0.25) is 11.8 Å². The van der Waals surface area contributed by atoms with E-state index in [0.717, 1.165) is 5.56 Å². The molecule has 0 aromatic heterocycles. The number of aliphatic carboxylic acids is 1. The van der Waals surface area contributed by atoms with Gasteiger partial charge in [-0.2, -0.15) is 0 Å². The van der Waals surface area contributed by atoms with Crippen molar-refractivity contribution in [2.75, 3.05) is 19.8 Å². The number of benzene rings is 1. The van der Waals surface area contributed by atoms with Crippen LogP contribution in [0.2, 0.25) is 5.02 Å². The fourth-order valence-corrected chi connectivity index (χ4v) is 3.33. The van der Waals surface area contributed by atoms with Crippen LogP contribution in [0.25, 0.3) is 0 Å². The number of nitrogens with one attached hydrogen (secondary N) is 1. The third-order valence-corrected chi connectivity index (χ3v) is 4.80. The zero-order valence-electron chi connectivity index (χ0n) is 15.3. The number of carboxylic acid groups (broad SMARTS) is 1. The van der Waals surface area contributed by atoms with Crippen molar-refractivity contribution in [1.29, 1.82) is 0 Å². The lowest BCUT2D eigenvalue weighted by atomic mass is 10.0. The number of nitrogens with zero attached hydrogens (tertiary/aromatic N) is 1. The summed E-state index contributed by atoms with van der Waals surface area (Å²) in [6.45, 7) is 2.64. The second kappa shape index (κ2) is 10.3. The van der Waals surface area contributed by atoms with Crippen molar-refractivity contribution < 1.29 is 24.2 Å². The third kappa shape index (κ3) is 6.84. The molecule has 27 heavy (non-hydrogen) atoms. The zero-order chi connectivity index (χ0) is 19.8. The molecule has 1 aromatic carbocycles. The molecule has 1 aliphatic heterocycles. The maximum atomic E-state index is 13.0. The van der Waals surface area contributed by atoms with E-state index in [9.17, 15) is 14.4 Å². The van der Waals surface area contributed by atoms with Crippen molar-refractivity contribution in [1.82, 2.24) is 10.2 Å². The van der Waals surface area contributed by atoms with Crippen LogP contribution < -0.4 is 5.32 Å². The van der Waals surface area contributed by atoms with Gasteiger partial charge in [-0.25, -0.2) is 0 Å². The standard InChI is InChI=1S/C19H25ClN2O5/c1-13(23)21-17(14-2-4-15(20)5-3-14)12-18(24)22(9-6-19(25)26)16-7-10-27-11-8-16/h2-5,16-17H,6-12H2,1H3,(H,21,23)(H,25,26)/t17-/m0/s1. The summed E-state index contributed by atoms with van der Waals surface area (Å²) in [5.41, 5.74) is 0.771. The van der Waals surface area contributed by atoms with Crippen molar-refractivity contribution in [2.24, 2.45) is 0 Å². The zero-order valence-corrected chi connectivity index (χ0v) is 16.1. The maximum absolute atomic E-state index is 13.0. The Balaban J connectivity index is 2.15. The molecule has 0 radical (unpaired) electrons. The molecule has 2 amide bonds. The summed E-state index contributed by atoms with van der Waals surface area (Å²) >= 11 is 5.92. The average molecular weight is 397 g/mol. The molecule has 0 bridgehead atoms. The Morgan fingerprint density at radius 2 is 1.89 bits per heavy atom. The van der Waals surface area contributed by atoms with Crippen molar-refractivity contribution in [3.05, 3.63) is 34.9 Å². The largest absolute Gasteiger partial charge is 0.481 e. The molecule has 1 fully saturated rings. The van der Waals surface area contributed by atoms with E-state index in [-0.39, 0.29) is 37.2 Å². The molecule has 1 aliphatic rings. The molecule has 2 rings (SSSR count). The van der Waals surface area contributed by atoms with E-state index in [1.807, 2.05) is 0 Å². The highest BCUT2D eigenvalue weighted by Gasteiger charge is 2.28. The fraction of sp³-hybridized carbons (Fsp3) is 0.526. The van der Waals surface area contributed by atoms with Crippen LogP contribution in [0.1, 0.15) is 44.2 Å². The van der Waals surface area contributed by atoms with Gasteiger partial charge in [-0.3, -0.25) is 14.4 Å². The summed E-state index contributed by atoms with van der Waals surface area (Å²) in [6, 6.07) is 6.40. The summed E-state index contributed by atoms with van der Waals surface area (Å²) in [4.78, 5) is 37.2. The van der Waals surface area contributed by atoms with Gasteiger partial charge in [0.25, 0.3) is 0 Å². The minimum Gasteiger partial charge on any atom is -0.481 e. The second-order valence-electron chi connectivity index (χ2n) is 6.58. The van der Waals surface area contributed by atoms with Crippen LogP contribution in [-0.2, 0) is 19.1 Å². The van der Waals surface area contributed by atoms with E-state index in [1.54, 1.807) is 29.2 Å². The summed E-state index contributed by atoms with van der Waals surface area (Å²) in [5.74, 6) is -1.38. The number of carboxylic acids is 1. The smallest absolute Gasteiger partial charge is 0.305 e. The molecule has 8 heteroatoms. The van der Waals surface area contributed by atoms with Gasteiger partial charge < -0.3 is 20.1 Å². The molecule has 0 spiro atoms. The molecule has 0 unspecified atom stereocenters. The Kier molecular flexibility index (Phi) is 8.06. The molecule has 2 N–H and O–H groups in total. The highest BCUT2D eigenvalue weighted by atomic mass is 35.5. The topological polar surface area (TPSA) is 95.9 Å². The molecular formula is C19H25ClN2O5. The highest BCUT2D eigenvalue weighted by Crippen LogP contribution is 2.23. The molecule has 1 atom stereocenters. The number of ether oxygens (including phenoxy) is 1. The monoisotopic (exact) mass is 396 g/mol. The predicted molar refractivity (Wildman–Crippen MR) is 100 cm³/mol. The van der Waals surface area contributed by atoms with Crippen LogP contribution in [0, 0.1) is 0 Å². The van der Waals surface area contributed by atoms with Gasteiger partial charge in [-0.05, 0) is 30.5 Å². The van der Waals surface area contributed by atoms with Crippen molar-refractivity contribution in [3.8, 4) is 0 Å². The van der Waals surface area contributed by atoms with Crippen molar-refractivity contribution >= 4 is 29.4 Å². The average Bonchev–Trinajstić information content (AvgIpc) is 2.62. The van der Waals surface area contributed by atoms with Crippen molar-refractivity contribution in [2.45, 2.75) is 44.7 Å². The van der Waals surface area contributed by atoms with Crippen LogP contribution in [-0.4, -0.2) is 53.6 Å². The number of amides is 2. The summed E-state index contributed by atoms with van der Waals surface area (Å²) in [7, 11) is 0. The third-order valence-electron chi connectivity index (χ3n) is 4.55. The van der Waals surface area contributed by atoms with Gasteiger partial charge in [-0.1, -0.05) is 23.7 Å². The first-order valence-corrected chi connectivity index (χ1v) is 9.36. The SMILES string of the molecule is CC(=O)N[C@@H](CC(=O)N(CCC(=O)O)C1CCOCC1)c1ccc(Cl)cc1. The fourth-order valence-electron chi connectivity index (χ4n) is 3.21. The predicted octanol–water partition coefficient (Wildman–Crippen LogP) is 2.39. The molecule has 7 nitrogen and oxygen atoms in total. The Morgan fingerprint density at radius 1 is 1.26 bits per heavy atom. The van der Waals surface area contributed by atoms with E-state index < -0.39 is 12.0 Å². The number of rotatable bonds is 8. The van der Waals surface area contributed by atoms with E-state index in [4.69, 9.17) is 21.4 Å². The van der Waals surface area contributed by atoms with Crippen LogP contribution in [0.3, 0.4) is 0 Å². The minimum atomic E-state index is -0.948. The highest BCUT2D eigenvalue weighted by molar-refractivity contribution is 6.30. The van der Waals surface area contributed by atoms with Gasteiger partial charge in [0.05, 0.1) is 18.9 Å². The van der Waals surface area contributed by atoms with Crippen LogP contribution >= 0.6 is 11.6 Å². The molecule has 0 saturated carbocycles. The number of carbonyl (C=O) groups excluding carboxylic acids is 2. The van der Waals surface area contributed by atoms with E-state index in [1.165, 1.54) is 6.92 Å². The minimum absolute atomic E-state index is 0.0474. The Hall–Kier alpha value is -2.12. The summed E-state index contributed by atoms with van der Waals surface area (Å²) < 4.78 is 5.35. The first-order valence-electron chi connectivity index (χ1n) is 8.98. The van der Waals surface area contributed by atoms with Gasteiger partial charge in [-0.15, -0.1) is 0 Å². The van der Waals surface area contributed by atoms with Gasteiger partial charge in [0.1, 0.15) is 0 Å². The number of carbonyl (C=O) groups is 3.